The average Bonchev–Trinajstić information content (AvgIpc) is 2.40. The predicted molar refractivity (Wildman–Crippen MR) is 91.3 cm³/mol. The SMILES string of the molecule is CN(Cc1ccc(Br)cc1)S(=O)(=O)c1ccc(N)cc1Br. The Labute approximate surface area is 141 Å². The molecule has 2 rings (SSSR count). The summed E-state index contributed by atoms with van der Waals surface area (Å²) >= 11 is 6.61. The van der Waals surface area contributed by atoms with Crippen molar-refractivity contribution in [3.8, 4) is 0 Å². The van der Waals surface area contributed by atoms with Crippen LogP contribution in [0.25, 0.3) is 0 Å². The van der Waals surface area contributed by atoms with E-state index in [4.69, 9.17) is 5.73 Å². The maximum absolute atomic E-state index is 12.6. The maximum atomic E-state index is 12.6. The molecule has 0 heterocycles. The van der Waals surface area contributed by atoms with E-state index in [0.717, 1.165) is 10.0 Å². The minimum Gasteiger partial charge on any atom is -0.399 e. The molecule has 0 saturated carbocycles. The molecule has 0 saturated heterocycles. The third-order valence-electron chi connectivity index (χ3n) is 2.96. The van der Waals surface area contributed by atoms with E-state index in [1.54, 1.807) is 19.2 Å². The van der Waals surface area contributed by atoms with Crippen LogP contribution in [0, 0.1) is 0 Å². The fourth-order valence-electron chi connectivity index (χ4n) is 1.83. The van der Waals surface area contributed by atoms with Crippen LogP contribution in [-0.4, -0.2) is 19.8 Å². The summed E-state index contributed by atoms with van der Waals surface area (Å²) in [7, 11) is -2.02. The summed E-state index contributed by atoms with van der Waals surface area (Å²) in [6.07, 6.45) is 0. The predicted octanol–water partition coefficient (Wildman–Crippen LogP) is 3.61. The molecule has 0 radical (unpaired) electrons. The Kier molecular flexibility index (Phi) is 5.08. The zero-order valence-corrected chi connectivity index (χ0v) is 15.2. The Morgan fingerprint density at radius 1 is 1.10 bits per heavy atom. The van der Waals surface area contributed by atoms with E-state index in [2.05, 4.69) is 31.9 Å². The van der Waals surface area contributed by atoms with Crippen molar-refractivity contribution in [1.29, 1.82) is 0 Å². The topological polar surface area (TPSA) is 63.4 Å². The summed E-state index contributed by atoms with van der Waals surface area (Å²) in [6.45, 7) is 0.298. The lowest BCUT2D eigenvalue weighted by Gasteiger charge is -2.18. The molecule has 0 spiro atoms. The number of nitrogens with zero attached hydrogens (tertiary/aromatic N) is 1. The van der Waals surface area contributed by atoms with Crippen molar-refractivity contribution in [3.63, 3.8) is 0 Å². The summed E-state index contributed by atoms with van der Waals surface area (Å²) in [5, 5.41) is 0. The lowest BCUT2D eigenvalue weighted by Crippen LogP contribution is -2.26. The number of anilines is 1. The first kappa shape index (κ1) is 16.5. The molecule has 0 aliphatic heterocycles. The second kappa shape index (κ2) is 6.48. The van der Waals surface area contributed by atoms with Crippen molar-refractivity contribution in [3.05, 3.63) is 57.0 Å². The third kappa shape index (κ3) is 3.85. The summed E-state index contributed by atoms with van der Waals surface area (Å²) in [6, 6.07) is 12.2. The molecule has 7 heteroatoms. The van der Waals surface area contributed by atoms with Crippen LogP contribution in [0.1, 0.15) is 5.56 Å². The number of nitrogens with two attached hydrogens (primary N) is 1. The van der Waals surface area contributed by atoms with Crippen LogP contribution < -0.4 is 5.73 Å². The normalized spacial score (nSPS) is 11.8. The van der Waals surface area contributed by atoms with Crippen molar-refractivity contribution in [2.24, 2.45) is 0 Å². The molecule has 0 aliphatic carbocycles. The highest BCUT2D eigenvalue weighted by atomic mass is 79.9. The van der Waals surface area contributed by atoms with Crippen molar-refractivity contribution in [1.82, 2.24) is 4.31 Å². The summed E-state index contributed by atoms with van der Waals surface area (Å²) in [5.41, 5.74) is 7.07. The number of nitrogen functional groups attached to an aromatic ring is 1. The van der Waals surface area contributed by atoms with Crippen molar-refractivity contribution < 1.29 is 8.42 Å². The molecule has 112 valence electrons. The van der Waals surface area contributed by atoms with E-state index in [0.29, 0.717) is 16.7 Å². The van der Waals surface area contributed by atoms with Gasteiger partial charge in [-0.2, -0.15) is 4.31 Å². The van der Waals surface area contributed by atoms with E-state index in [-0.39, 0.29) is 4.90 Å². The first-order valence-electron chi connectivity index (χ1n) is 6.06. The van der Waals surface area contributed by atoms with Gasteiger partial charge in [0.25, 0.3) is 0 Å². The Balaban J connectivity index is 2.28. The van der Waals surface area contributed by atoms with Crippen LogP contribution in [0.3, 0.4) is 0 Å². The van der Waals surface area contributed by atoms with Gasteiger partial charge in [-0.25, -0.2) is 8.42 Å². The average molecular weight is 434 g/mol. The molecular weight excluding hydrogens is 420 g/mol. The molecule has 0 atom stereocenters. The van der Waals surface area contributed by atoms with Gasteiger partial charge in [0, 0.05) is 28.2 Å². The fourth-order valence-corrected chi connectivity index (χ4v) is 4.30. The molecule has 0 bridgehead atoms. The zero-order chi connectivity index (χ0) is 15.6. The van der Waals surface area contributed by atoms with Crippen LogP contribution in [0.5, 0.6) is 0 Å². The smallest absolute Gasteiger partial charge is 0.244 e. The summed E-state index contributed by atoms with van der Waals surface area (Å²) in [4.78, 5) is 0.205. The highest BCUT2D eigenvalue weighted by Crippen LogP contribution is 2.27. The van der Waals surface area contributed by atoms with Gasteiger partial charge in [-0.1, -0.05) is 28.1 Å². The molecule has 0 aromatic heterocycles. The van der Waals surface area contributed by atoms with Crippen molar-refractivity contribution in [2.45, 2.75) is 11.4 Å². The molecule has 0 fully saturated rings. The first-order valence-corrected chi connectivity index (χ1v) is 9.09. The van der Waals surface area contributed by atoms with Gasteiger partial charge in [0.15, 0.2) is 0 Å². The quantitative estimate of drug-likeness (QED) is 0.749. The van der Waals surface area contributed by atoms with Crippen LogP contribution in [0.4, 0.5) is 5.69 Å². The van der Waals surface area contributed by atoms with E-state index < -0.39 is 10.0 Å². The molecule has 0 unspecified atom stereocenters. The molecule has 21 heavy (non-hydrogen) atoms. The minimum absolute atomic E-state index is 0.205. The summed E-state index contributed by atoms with van der Waals surface area (Å²) < 4.78 is 27.9. The van der Waals surface area contributed by atoms with Crippen molar-refractivity contribution in [2.75, 3.05) is 12.8 Å². The Bertz CT molecular complexity index is 746. The lowest BCUT2D eigenvalue weighted by molar-refractivity contribution is 0.466. The van der Waals surface area contributed by atoms with Crippen LogP contribution in [0.2, 0.25) is 0 Å². The number of hydrogen-bond acceptors (Lipinski definition) is 3. The lowest BCUT2D eigenvalue weighted by atomic mass is 10.2. The van der Waals surface area contributed by atoms with Crippen LogP contribution in [0.15, 0.2) is 56.3 Å². The molecule has 4 nitrogen and oxygen atoms in total. The first-order chi connectivity index (χ1) is 9.80. The van der Waals surface area contributed by atoms with Gasteiger partial charge in [0.2, 0.25) is 10.0 Å². The zero-order valence-electron chi connectivity index (χ0n) is 11.3. The second-order valence-electron chi connectivity index (χ2n) is 4.58. The standard InChI is InChI=1S/C14H14Br2N2O2S/c1-18(9-10-2-4-11(15)5-3-10)21(19,20)14-7-6-12(17)8-13(14)16/h2-8H,9,17H2,1H3. The van der Waals surface area contributed by atoms with Gasteiger partial charge < -0.3 is 5.73 Å². The number of hydrogen-bond donors (Lipinski definition) is 1. The highest BCUT2D eigenvalue weighted by molar-refractivity contribution is 9.10. The van der Waals surface area contributed by atoms with E-state index in [1.165, 1.54) is 10.4 Å². The van der Waals surface area contributed by atoms with Crippen LogP contribution >= 0.6 is 31.9 Å². The van der Waals surface area contributed by atoms with Gasteiger partial charge in [0.05, 0.1) is 4.90 Å². The molecular formula is C14H14Br2N2O2S. The maximum Gasteiger partial charge on any atom is 0.244 e. The van der Waals surface area contributed by atoms with Gasteiger partial charge in [-0.15, -0.1) is 0 Å². The molecule has 2 aromatic carbocycles. The summed E-state index contributed by atoms with van der Waals surface area (Å²) in [5.74, 6) is 0. The monoisotopic (exact) mass is 432 g/mol. The van der Waals surface area contributed by atoms with Crippen LogP contribution in [-0.2, 0) is 16.6 Å². The van der Waals surface area contributed by atoms with E-state index >= 15 is 0 Å². The third-order valence-corrected chi connectivity index (χ3v) is 6.27. The molecule has 0 aliphatic rings. The minimum atomic E-state index is -3.58. The van der Waals surface area contributed by atoms with Crippen molar-refractivity contribution >= 4 is 47.6 Å². The van der Waals surface area contributed by atoms with Gasteiger partial charge in [0.1, 0.15) is 0 Å². The molecule has 0 amide bonds. The van der Waals surface area contributed by atoms with E-state index in [1.807, 2.05) is 24.3 Å². The number of rotatable bonds is 4. The Morgan fingerprint density at radius 2 is 1.71 bits per heavy atom. The fraction of sp³-hybridized carbons (Fsp3) is 0.143. The number of benzene rings is 2. The second-order valence-corrected chi connectivity index (χ2v) is 8.36. The number of halogens is 2. The van der Waals surface area contributed by atoms with E-state index in [9.17, 15) is 8.42 Å². The van der Waals surface area contributed by atoms with Gasteiger partial charge in [-0.05, 0) is 51.8 Å². The Morgan fingerprint density at radius 3 is 2.29 bits per heavy atom. The molecule has 2 aromatic rings. The van der Waals surface area contributed by atoms with Gasteiger partial charge in [-0.3, -0.25) is 0 Å². The largest absolute Gasteiger partial charge is 0.399 e. The Hall–Kier alpha value is -0.890. The highest BCUT2D eigenvalue weighted by Gasteiger charge is 2.23. The molecule has 2 N–H and O–H groups in total. The van der Waals surface area contributed by atoms with Gasteiger partial charge >= 0.3 is 0 Å². The number of sulfonamides is 1.